The third-order valence-corrected chi connectivity index (χ3v) is 5.28. The minimum atomic E-state index is -0.989. The maximum atomic E-state index is 14.3. The first-order valence-corrected chi connectivity index (χ1v) is 8.64. The zero-order valence-corrected chi connectivity index (χ0v) is 15.2. The van der Waals surface area contributed by atoms with Crippen molar-refractivity contribution in [1.29, 1.82) is 0 Å². The summed E-state index contributed by atoms with van der Waals surface area (Å²) in [4.78, 5) is 12.2. The van der Waals surface area contributed by atoms with Crippen molar-refractivity contribution in [2.24, 2.45) is 11.8 Å². The van der Waals surface area contributed by atoms with Crippen LogP contribution in [-0.2, 0) is 20.7 Å². The average molecular weight is 382 g/mol. The maximum Gasteiger partial charge on any atom is 0.189 e. The van der Waals surface area contributed by atoms with E-state index in [1.165, 1.54) is 13.2 Å². The smallest absolute Gasteiger partial charge is 0.189 e. The number of ketones is 1. The highest BCUT2D eigenvalue weighted by Crippen LogP contribution is 2.47. The molecule has 1 aromatic rings. The average Bonchev–Trinajstić information content (AvgIpc) is 3.01. The van der Waals surface area contributed by atoms with Gasteiger partial charge in [0.1, 0.15) is 17.2 Å². The summed E-state index contributed by atoms with van der Waals surface area (Å²) in [5.41, 5.74) is -0.829. The maximum absolute atomic E-state index is 14.3. The molecule has 1 fully saturated rings. The van der Waals surface area contributed by atoms with E-state index in [4.69, 9.17) is 14.2 Å². The normalized spacial score (nSPS) is 25.4. The highest BCUT2D eigenvalue weighted by molar-refractivity contribution is 5.93. The number of halogens is 3. The van der Waals surface area contributed by atoms with Gasteiger partial charge in [-0.25, -0.2) is 13.2 Å². The molecule has 3 atom stereocenters. The highest BCUT2D eigenvalue weighted by atomic mass is 19.1. The van der Waals surface area contributed by atoms with Gasteiger partial charge in [-0.15, -0.1) is 0 Å². The Labute approximate surface area is 155 Å². The molecular weight excluding hydrogens is 361 g/mol. The molecular formula is C20H21F3O4. The molecule has 0 spiro atoms. The quantitative estimate of drug-likeness (QED) is 0.738. The topological polar surface area (TPSA) is 44.8 Å². The molecule has 1 aromatic carbocycles. The van der Waals surface area contributed by atoms with Crippen molar-refractivity contribution in [3.63, 3.8) is 0 Å². The molecule has 0 radical (unpaired) electrons. The molecule has 1 saturated heterocycles. The molecule has 0 aromatic heterocycles. The minimum Gasteiger partial charge on any atom is -0.494 e. The molecule has 146 valence electrons. The van der Waals surface area contributed by atoms with Crippen LogP contribution in [0, 0.1) is 23.5 Å². The van der Waals surface area contributed by atoms with Crippen LogP contribution in [0.4, 0.5) is 13.2 Å². The summed E-state index contributed by atoms with van der Waals surface area (Å²) in [5, 5.41) is 0. The molecule has 27 heavy (non-hydrogen) atoms. The summed E-state index contributed by atoms with van der Waals surface area (Å²) in [6.07, 6.45) is 1.56. The summed E-state index contributed by atoms with van der Waals surface area (Å²) in [6.45, 7) is 4.98. The van der Waals surface area contributed by atoms with Gasteiger partial charge in [0, 0.05) is 24.5 Å². The Balaban J connectivity index is 1.89. The monoisotopic (exact) mass is 382 g/mol. The Bertz CT molecular complexity index is 805. The van der Waals surface area contributed by atoms with E-state index in [9.17, 15) is 18.0 Å². The fourth-order valence-electron chi connectivity index (χ4n) is 3.83. The fourth-order valence-corrected chi connectivity index (χ4v) is 3.83. The number of methoxy groups -OCH3 is 1. The van der Waals surface area contributed by atoms with Crippen LogP contribution < -0.4 is 4.74 Å². The first-order valence-electron chi connectivity index (χ1n) is 8.64. The fraction of sp³-hybridized carbons (Fsp3) is 0.450. The Kier molecular flexibility index (Phi) is 5.33. The summed E-state index contributed by atoms with van der Waals surface area (Å²) in [7, 11) is 1.26. The Morgan fingerprint density at radius 3 is 2.81 bits per heavy atom. The third-order valence-electron chi connectivity index (χ3n) is 5.28. The van der Waals surface area contributed by atoms with Gasteiger partial charge in [-0.2, -0.15) is 0 Å². The molecule has 1 heterocycles. The van der Waals surface area contributed by atoms with Gasteiger partial charge in [-0.1, -0.05) is 13.5 Å². The number of carbonyl (C=O) groups is 1. The van der Waals surface area contributed by atoms with E-state index in [2.05, 4.69) is 6.58 Å². The number of hydrogen-bond donors (Lipinski definition) is 0. The van der Waals surface area contributed by atoms with Crippen LogP contribution in [0.25, 0.3) is 0 Å². The van der Waals surface area contributed by atoms with Crippen molar-refractivity contribution in [2.45, 2.75) is 31.8 Å². The molecule has 7 heteroatoms. The lowest BCUT2D eigenvalue weighted by Gasteiger charge is -2.38. The number of carbonyl (C=O) groups excluding carboxylic acids is 1. The van der Waals surface area contributed by atoms with E-state index < -0.39 is 29.0 Å². The first-order chi connectivity index (χ1) is 12.8. The Hall–Kier alpha value is -2.28. The van der Waals surface area contributed by atoms with Crippen LogP contribution in [0.3, 0.4) is 0 Å². The summed E-state index contributed by atoms with van der Waals surface area (Å²) in [5.74, 6) is -2.90. The van der Waals surface area contributed by atoms with E-state index in [1.54, 1.807) is 6.92 Å². The molecule has 0 bridgehead atoms. The van der Waals surface area contributed by atoms with E-state index in [1.807, 2.05) is 0 Å². The number of fused-ring (bicyclic) bond motifs is 1. The van der Waals surface area contributed by atoms with Gasteiger partial charge in [0.15, 0.2) is 24.1 Å². The van der Waals surface area contributed by atoms with Crippen molar-refractivity contribution >= 4 is 5.78 Å². The first kappa shape index (κ1) is 19.5. The Morgan fingerprint density at radius 1 is 1.41 bits per heavy atom. The zero-order valence-electron chi connectivity index (χ0n) is 15.2. The van der Waals surface area contributed by atoms with Gasteiger partial charge < -0.3 is 14.2 Å². The largest absolute Gasteiger partial charge is 0.494 e. The van der Waals surface area contributed by atoms with E-state index in [0.29, 0.717) is 5.76 Å². The highest BCUT2D eigenvalue weighted by Gasteiger charge is 2.52. The molecule has 1 aliphatic heterocycles. The second kappa shape index (κ2) is 7.38. The molecule has 4 nitrogen and oxygen atoms in total. The number of allylic oxidation sites excluding steroid dienone is 2. The molecule has 0 N–H and O–H groups in total. The summed E-state index contributed by atoms with van der Waals surface area (Å²) < 4.78 is 57.7. The molecule has 0 saturated carbocycles. The van der Waals surface area contributed by atoms with Gasteiger partial charge in [0.05, 0.1) is 12.9 Å². The molecule has 2 aliphatic rings. The van der Waals surface area contributed by atoms with Crippen LogP contribution in [0.2, 0.25) is 0 Å². The van der Waals surface area contributed by atoms with E-state index >= 15 is 0 Å². The summed E-state index contributed by atoms with van der Waals surface area (Å²) in [6, 6.07) is 2.09. The predicted octanol–water partition coefficient (Wildman–Crippen LogP) is 4.24. The van der Waals surface area contributed by atoms with Crippen molar-refractivity contribution in [1.82, 2.24) is 0 Å². The molecule has 3 rings (SSSR count). The lowest BCUT2D eigenvalue weighted by Crippen LogP contribution is -2.45. The van der Waals surface area contributed by atoms with Crippen LogP contribution in [0.5, 0.6) is 5.75 Å². The number of benzene rings is 1. The minimum absolute atomic E-state index is 0.0494. The van der Waals surface area contributed by atoms with Crippen molar-refractivity contribution < 1.29 is 32.2 Å². The molecule has 0 unspecified atom stereocenters. The van der Waals surface area contributed by atoms with E-state index in [0.717, 1.165) is 12.1 Å². The van der Waals surface area contributed by atoms with Gasteiger partial charge in [-0.05, 0) is 30.4 Å². The number of ether oxygens (including phenoxy) is 3. The summed E-state index contributed by atoms with van der Waals surface area (Å²) >= 11 is 0. The second-order valence-corrected chi connectivity index (χ2v) is 7.01. The van der Waals surface area contributed by atoms with Crippen LogP contribution in [-0.4, -0.2) is 25.3 Å². The lowest BCUT2D eigenvalue weighted by molar-refractivity contribution is -0.123. The molecule has 1 aliphatic carbocycles. The van der Waals surface area contributed by atoms with Gasteiger partial charge in [0.2, 0.25) is 0 Å². The number of hydrogen-bond acceptors (Lipinski definition) is 4. The van der Waals surface area contributed by atoms with Crippen LogP contribution >= 0.6 is 0 Å². The van der Waals surface area contributed by atoms with Crippen molar-refractivity contribution in [2.75, 3.05) is 13.9 Å². The van der Waals surface area contributed by atoms with Gasteiger partial charge in [0.25, 0.3) is 0 Å². The Morgan fingerprint density at radius 2 is 2.15 bits per heavy atom. The molecule has 0 amide bonds. The van der Waals surface area contributed by atoms with Gasteiger partial charge in [-0.3, -0.25) is 4.79 Å². The van der Waals surface area contributed by atoms with E-state index in [-0.39, 0.29) is 49.1 Å². The third kappa shape index (κ3) is 3.60. The van der Waals surface area contributed by atoms with Crippen LogP contribution in [0.15, 0.2) is 36.4 Å². The van der Waals surface area contributed by atoms with Crippen LogP contribution in [0.1, 0.15) is 25.3 Å². The van der Waals surface area contributed by atoms with Crippen molar-refractivity contribution in [3.8, 4) is 5.75 Å². The predicted molar refractivity (Wildman–Crippen MR) is 91.6 cm³/mol. The zero-order chi connectivity index (χ0) is 19.8. The standard InChI is InChI=1S/C20H21F3O4/c1-11(4-13-6-16(23)18(25-3)7-15(13)22)20-9-14(5-12(2)21)17(24)8-19(20)26-10-27-20/h6-8,11,14H,2,4-5,9-10H2,1,3H3/t11-,14-,20+/m0/s1. The van der Waals surface area contributed by atoms with Crippen molar-refractivity contribution in [3.05, 3.63) is 53.6 Å². The SMILES string of the molecule is C=C(F)C[C@H]1C[C@]2([C@@H](C)Cc3cc(F)c(OC)cc3F)OCOC2=CC1=O. The number of rotatable bonds is 6. The lowest BCUT2D eigenvalue weighted by atomic mass is 9.71. The van der Waals surface area contributed by atoms with Gasteiger partial charge >= 0.3 is 0 Å². The second-order valence-electron chi connectivity index (χ2n) is 7.01.